The maximum Gasteiger partial charge on any atom is 0.241 e. The highest BCUT2D eigenvalue weighted by Gasteiger charge is 2.56. The molecule has 124 valence electrons. The number of hydrogen-bond donors (Lipinski definition) is 0. The smallest absolute Gasteiger partial charge is 0.241 e. The van der Waals surface area contributed by atoms with Crippen molar-refractivity contribution in [2.45, 2.75) is 13.5 Å². The first kappa shape index (κ1) is 15.5. The number of rotatable bonds is 3. The van der Waals surface area contributed by atoms with Crippen LogP contribution in [0, 0.1) is 11.8 Å². The van der Waals surface area contributed by atoms with Crippen molar-refractivity contribution >= 4 is 23.2 Å². The van der Waals surface area contributed by atoms with Gasteiger partial charge in [-0.25, -0.2) is 0 Å². The Morgan fingerprint density at radius 2 is 1.36 bits per heavy atom. The fraction of sp³-hybridized carbons (Fsp3) is 0.190. The van der Waals surface area contributed by atoms with Crippen LogP contribution in [0.5, 0.6) is 0 Å². The summed E-state index contributed by atoms with van der Waals surface area (Å²) < 4.78 is 0. The number of nitrogens with zero attached hydrogens (tertiary/aromatic N) is 1. The van der Waals surface area contributed by atoms with Gasteiger partial charge in [0.15, 0.2) is 5.78 Å². The van der Waals surface area contributed by atoms with E-state index in [1.54, 1.807) is 6.92 Å². The molecular weight excluding hydrogens is 314 g/mol. The summed E-state index contributed by atoms with van der Waals surface area (Å²) in [6, 6.07) is 18.6. The van der Waals surface area contributed by atoms with E-state index in [1.165, 1.54) is 4.90 Å². The van der Waals surface area contributed by atoms with E-state index in [1.807, 2.05) is 60.7 Å². The molecule has 2 aliphatic rings. The van der Waals surface area contributed by atoms with Gasteiger partial charge in [-0.2, -0.15) is 0 Å². The molecule has 1 aliphatic carbocycles. The van der Waals surface area contributed by atoms with Crippen LogP contribution in [0.25, 0.3) is 5.57 Å². The van der Waals surface area contributed by atoms with Gasteiger partial charge in [-0.1, -0.05) is 60.7 Å². The minimum Gasteiger partial charge on any atom is -0.293 e. The zero-order valence-corrected chi connectivity index (χ0v) is 13.8. The largest absolute Gasteiger partial charge is 0.293 e. The number of ketones is 1. The Morgan fingerprint density at radius 1 is 0.800 bits per heavy atom. The zero-order chi connectivity index (χ0) is 17.6. The summed E-state index contributed by atoms with van der Waals surface area (Å²) in [5.41, 5.74) is 2.88. The minimum absolute atomic E-state index is 0.215. The van der Waals surface area contributed by atoms with Crippen molar-refractivity contribution in [2.75, 3.05) is 0 Å². The van der Waals surface area contributed by atoms with E-state index in [0.717, 1.165) is 11.1 Å². The van der Waals surface area contributed by atoms with Crippen molar-refractivity contribution < 1.29 is 14.4 Å². The Bertz CT molecular complexity index is 899. The first-order chi connectivity index (χ1) is 12.1. The number of allylic oxidation sites excluding steroid dienone is 1. The number of fused-ring (bicyclic) bond motifs is 1. The summed E-state index contributed by atoms with van der Waals surface area (Å²) in [7, 11) is 0. The molecule has 0 unspecified atom stereocenters. The van der Waals surface area contributed by atoms with E-state index < -0.39 is 11.8 Å². The molecule has 1 heterocycles. The Kier molecular flexibility index (Phi) is 3.61. The second-order valence-corrected chi connectivity index (χ2v) is 6.49. The van der Waals surface area contributed by atoms with Crippen LogP contribution in [0.4, 0.5) is 0 Å². The molecule has 1 fully saturated rings. The average Bonchev–Trinajstić information content (AvgIpc) is 3.04. The molecule has 0 bridgehead atoms. The monoisotopic (exact) mass is 331 g/mol. The van der Waals surface area contributed by atoms with Crippen LogP contribution >= 0.6 is 0 Å². The molecule has 0 saturated carbocycles. The lowest BCUT2D eigenvalue weighted by molar-refractivity contribution is -0.141. The van der Waals surface area contributed by atoms with Gasteiger partial charge in [-0.05, 0) is 23.6 Å². The van der Waals surface area contributed by atoms with Crippen molar-refractivity contribution in [1.82, 2.24) is 4.90 Å². The summed E-state index contributed by atoms with van der Waals surface area (Å²) in [4.78, 5) is 39.8. The minimum atomic E-state index is -0.897. The van der Waals surface area contributed by atoms with E-state index >= 15 is 0 Å². The van der Waals surface area contributed by atoms with E-state index in [4.69, 9.17) is 0 Å². The third-order valence-electron chi connectivity index (χ3n) is 5.03. The van der Waals surface area contributed by atoms with Gasteiger partial charge in [0.1, 0.15) is 5.92 Å². The van der Waals surface area contributed by atoms with Gasteiger partial charge in [-0.3, -0.25) is 19.3 Å². The van der Waals surface area contributed by atoms with Crippen LogP contribution in [-0.2, 0) is 20.9 Å². The van der Waals surface area contributed by atoms with Crippen LogP contribution in [0.1, 0.15) is 18.1 Å². The summed E-state index contributed by atoms with van der Waals surface area (Å²) in [6.45, 7) is 2.01. The van der Waals surface area contributed by atoms with Crippen LogP contribution in [0.15, 0.2) is 66.2 Å². The number of likely N-dealkylation sites (tertiary alicyclic amines) is 1. The van der Waals surface area contributed by atoms with Crippen LogP contribution < -0.4 is 0 Å². The van der Waals surface area contributed by atoms with Crippen molar-refractivity contribution in [3.63, 3.8) is 0 Å². The van der Waals surface area contributed by atoms with E-state index in [-0.39, 0.29) is 24.1 Å². The number of carbonyl (C=O) groups excluding carboxylic acids is 3. The Morgan fingerprint density at radius 3 is 1.96 bits per heavy atom. The molecule has 1 saturated heterocycles. The molecule has 0 spiro atoms. The number of carbonyl (C=O) groups is 3. The lowest BCUT2D eigenvalue weighted by atomic mass is 9.94. The van der Waals surface area contributed by atoms with Crippen LogP contribution in [0.2, 0.25) is 0 Å². The lowest BCUT2D eigenvalue weighted by Gasteiger charge is -2.16. The van der Waals surface area contributed by atoms with Gasteiger partial charge < -0.3 is 0 Å². The quantitative estimate of drug-likeness (QED) is 0.642. The van der Waals surface area contributed by atoms with Gasteiger partial charge >= 0.3 is 0 Å². The highest BCUT2D eigenvalue weighted by molar-refractivity contribution is 6.35. The molecule has 2 amide bonds. The molecular formula is C21H17NO3. The van der Waals surface area contributed by atoms with Crippen molar-refractivity contribution in [2.24, 2.45) is 11.8 Å². The van der Waals surface area contributed by atoms with Gasteiger partial charge in [-0.15, -0.1) is 0 Å². The maximum absolute atomic E-state index is 12.9. The SMILES string of the molecule is CC1=C(c2ccccc2)C(=O)[C@@H]2C(=O)N(Cc3ccccc3)C(=O)[C@H]12. The molecule has 25 heavy (non-hydrogen) atoms. The Hall–Kier alpha value is -3.01. The predicted octanol–water partition coefficient (Wildman–Crippen LogP) is 2.84. The first-order valence-electron chi connectivity index (χ1n) is 8.29. The molecule has 0 N–H and O–H groups in total. The Labute approximate surface area is 145 Å². The number of benzene rings is 2. The molecule has 2 atom stereocenters. The highest BCUT2D eigenvalue weighted by atomic mass is 16.2. The van der Waals surface area contributed by atoms with E-state index in [0.29, 0.717) is 11.1 Å². The number of Topliss-reactive ketones (excluding diaryl/α,β-unsaturated/α-hetero) is 1. The highest BCUT2D eigenvalue weighted by Crippen LogP contribution is 2.45. The molecule has 0 aromatic heterocycles. The van der Waals surface area contributed by atoms with Crippen molar-refractivity contribution in [3.05, 3.63) is 77.4 Å². The van der Waals surface area contributed by atoms with E-state index in [2.05, 4.69) is 0 Å². The second kappa shape index (κ2) is 5.81. The van der Waals surface area contributed by atoms with Crippen LogP contribution in [0.3, 0.4) is 0 Å². The molecule has 0 radical (unpaired) electrons. The summed E-state index contributed by atoms with van der Waals surface area (Å²) >= 11 is 0. The topological polar surface area (TPSA) is 54.5 Å². The fourth-order valence-corrected chi connectivity index (χ4v) is 3.83. The fourth-order valence-electron chi connectivity index (χ4n) is 3.83. The van der Waals surface area contributed by atoms with Gasteiger partial charge in [0.05, 0.1) is 12.5 Å². The molecule has 4 nitrogen and oxygen atoms in total. The normalized spacial score (nSPS) is 22.8. The lowest BCUT2D eigenvalue weighted by Crippen LogP contribution is -2.32. The second-order valence-electron chi connectivity index (χ2n) is 6.49. The Balaban J connectivity index is 1.69. The molecule has 2 aromatic carbocycles. The molecule has 4 rings (SSSR count). The number of imide groups is 1. The predicted molar refractivity (Wildman–Crippen MR) is 93.0 cm³/mol. The van der Waals surface area contributed by atoms with E-state index in [9.17, 15) is 14.4 Å². The van der Waals surface area contributed by atoms with Gasteiger partial charge in [0.2, 0.25) is 11.8 Å². The maximum atomic E-state index is 12.9. The molecule has 2 aromatic rings. The number of hydrogen-bond acceptors (Lipinski definition) is 3. The van der Waals surface area contributed by atoms with Gasteiger partial charge in [0, 0.05) is 5.57 Å². The third kappa shape index (κ3) is 2.33. The summed E-state index contributed by atoms with van der Waals surface area (Å²) in [5, 5.41) is 0. The standard InChI is InChI=1S/C21H17NO3/c1-13-16(15-10-6-3-7-11-15)19(23)18-17(13)20(24)22(21(18)25)12-14-8-4-2-5-9-14/h2-11,17-18H,12H2,1H3/t17-,18-/m1/s1. The summed E-state index contributed by atoms with van der Waals surface area (Å²) in [6.07, 6.45) is 0. The molecule has 4 heteroatoms. The number of amides is 2. The van der Waals surface area contributed by atoms with Crippen LogP contribution in [-0.4, -0.2) is 22.5 Å². The first-order valence-corrected chi connectivity index (χ1v) is 8.29. The van der Waals surface area contributed by atoms with Gasteiger partial charge in [0.25, 0.3) is 0 Å². The summed E-state index contributed by atoms with van der Waals surface area (Å²) in [5.74, 6) is -2.43. The van der Waals surface area contributed by atoms with Crippen molar-refractivity contribution in [1.29, 1.82) is 0 Å². The average molecular weight is 331 g/mol. The third-order valence-corrected chi connectivity index (χ3v) is 5.03. The molecule has 1 aliphatic heterocycles. The zero-order valence-electron chi connectivity index (χ0n) is 13.8. The van der Waals surface area contributed by atoms with Crippen molar-refractivity contribution in [3.8, 4) is 0 Å².